The molecule has 0 aliphatic heterocycles. The first-order chi connectivity index (χ1) is 18.5. The Morgan fingerprint density at radius 1 is 0.974 bits per heavy atom. The molecule has 2 N–H and O–H groups in total. The second-order valence-electron chi connectivity index (χ2n) is 11.1. The summed E-state index contributed by atoms with van der Waals surface area (Å²) in [5, 5.41) is 1.20. The molecule has 5 heteroatoms. The maximum Gasteiger partial charge on any atom is 0.163 e. The number of Topliss-reactive ketones (excluding diaryl/α,β-unsaturated/α-hetero) is 1. The molecule has 3 heterocycles. The summed E-state index contributed by atoms with van der Waals surface area (Å²) < 4.78 is 4.54. The number of aryl methyl sites for hydroxylation is 2. The van der Waals surface area contributed by atoms with Gasteiger partial charge in [-0.2, -0.15) is 0 Å². The van der Waals surface area contributed by atoms with Gasteiger partial charge in [-0.3, -0.25) is 4.79 Å². The lowest BCUT2D eigenvalue weighted by atomic mass is 9.91. The lowest BCUT2D eigenvalue weighted by molar-refractivity contribution is 0.0956. The third-order valence-corrected chi connectivity index (χ3v) is 8.24. The van der Waals surface area contributed by atoms with Crippen LogP contribution in [0.4, 0.5) is 0 Å². The highest BCUT2D eigenvalue weighted by atomic mass is 16.1. The van der Waals surface area contributed by atoms with E-state index in [0.717, 1.165) is 59.8 Å². The fourth-order valence-corrected chi connectivity index (χ4v) is 6.35. The van der Waals surface area contributed by atoms with Gasteiger partial charge in [0.05, 0.1) is 5.69 Å². The molecule has 0 radical (unpaired) electrons. The molecular weight excluding hydrogens is 468 g/mol. The van der Waals surface area contributed by atoms with Crippen LogP contribution in [-0.2, 0) is 6.54 Å². The minimum absolute atomic E-state index is 0.204. The first-order valence-corrected chi connectivity index (χ1v) is 13.9. The van der Waals surface area contributed by atoms with Gasteiger partial charge in [0, 0.05) is 46.9 Å². The van der Waals surface area contributed by atoms with Crippen LogP contribution in [0.1, 0.15) is 65.8 Å². The van der Waals surface area contributed by atoms with Crippen LogP contribution < -0.4 is 5.73 Å². The van der Waals surface area contributed by atoms with Gasteiger partial charge in [-0.15, -0.1) is 0 Å². The van der Waals surface area contributed by atoms with Gasteiger partial charge in [-0.05, 0) is 68.9 Å². The van der Waals surface area contributed by atoms with Gasteiger partial charge in [-0.1, -0.05) is 61.4 Å². The molecule has 1 aliphatic rings. The van der Waals surface area contributed by atoms with Gasteiger partial charge in [0.25, 0.3) is 0 Å². The van der Waals surface area contributed by atoms with Crippen LogP contribution in [0, 0.1) is 19.8 Å². The summed E-state index contributed by atoms with van der Waals surface area (Å²) in [5.74, 6) is 0.581. The molecule has 0 saturated heterocycles. The molecule has 2 atom stereocenters. The predicted molar refractivity (Wildman–Crippen MR) is 155 cm³/mol. The number of pyridine rings is 1. The summed E-state index contributed by atoms with van der Waals surface area (Å²) in [6.07, 6.45) is 6.04. The summed E-state index contributed by atoms with van der Waals surface area (Å²) in [5.41, 5.74) is 14.5. The molecule has 0 bridgehead atoms. The van der Waals surface area contributed by atoms with Crippen molar-refractivity contribution < 1.29 is 4.79 Å². The molecule has 0 spiro atoms. The zero-order valence-electron chi connectivity index (χ0n) is 22.4. The molecule has 1 saturated carbocycles. The van der Waals surface area contributed by atoms with Crippen LogP contribution in [0.3, 0.4) is 0 Å². The lowest BCUT2D eigenvalue weighted by Crippen LogP contribution is -2.22. The smallest absolute Gasteiger partial charge is 0.163 e. The average Bonchev–Trinajstić information content (AvgIpc) is 3.36. The van der Waals surface area contributed by atoms with Gasteiger partial charge in [0.15, 0.2) is 5.78 Å². The molecule has 3 aromatic heterocycles. The number of nitrogens with zero attached hydrogens (tertiary/aromatic N) is 3. The zero-order chi connectivity index (χ0) is 26.2. The molecule has 1 unspecified atom stereocenters. The molecule has 5 aromatic rings. The van der Waals surface area contributed by atoms with E-state index in [1.807, 2.05) is 12.1 Å². The number of hydrogen-bond donors (Lipinski definition) is 1. The number of para-hydroxylation sites is 1. The highest BCUT2D eigenvalue weighted by molar-refractivity contribution is 5.97. The van der Waals surface area contributed by atoms with E-state index in [-0.39, 0.29) is 11.8 Å². The van der Waals surface area contributed by atoms with E-state index in [9.17, 15) is 4.79 Å². The van der Waals surface area contributed by atoms with E-state index >= 15 is 0 Å². The minimum Gasteiger partial charge on any atom is -0.335 e. The quantitative estimate of drug-likeness (QED) is 0.198. The van der Waals surface area contributed by atoms with Crippen molar-refractivity contribution in [2.45, 2.75) is 65.0 Å². The SMILES string of the molecule is Cc1cc(C(=O)CC2CCCC[C@@H](N)C2)cc2nc(-c3cc4ccccc4n3Cc3ccccc3)c(C)n12. The first kappa shape index (κ1) is 24.6. The number of carbonyl (C=O) groups is 1. The van der Waals surface area contributed by atoms with E-state index in [1.54, 1.807) is 0 Å². The number of hydrogen-bond acceptors (Lipinski definition) is 3. The number of nitrogens with two attached hydrogens (primary N) is 1. The Kier molecular flexibility index (Phi) is 6.62. The van der Waals surface area contributed by atoms with Crippen molar-refractivity contribution in [3.05, 3.63) is 95.3 Å². The summed E-state index contributed by atoms with van der Waals surface area (Å²) in [7, 11) is 0. The van der Waals surface area contributed by atoms with Crippen molar-refractivity contribution in [1.82, 2.24) is 14.0 Å². The topological polar surface area (TPSA) is 65.3 Å². The number of imidazole rings is 1. The third-order valence-electron chi connectivity index (χ3n) is 8.24. The maximum atomic E-state index is 13.4. The van der Waals surface area contributed by atoms with Crippen LogP contribution in [0.25, 0.3) is 27.9 Å². The van der Waals surface area contributed by atoms with Gasteiger partial charge in [0.1, 0.15) is 11.3 Å². The van der Waals surface area contributed by atoms with Gasteiger partial charge >= 0.3 is 0 Å². The van der Waals surface area contributed by atoms with Gasteiger partial charge in [-0.25, -0.2) is 4.98 Å². The Morgan fingerprint density at radius 3 is 2.58 bits per heavy atom. The Hall–Kier alpha value is -3.70. The Morgan fingerprint density at radius 2 is 1.74 bits per heavy atom. The van der Waals surface area contributed by atoms with E-state index in [2.05, 4.69) is 83.5 Å². The third kappa shape index (κ3) is 4.67. The van der Waals surface area contributed by atoms with Crippen LogP contribution >= 0.6 is 0 Å². The summed E-state index contributed by atoms with van der Waals surface area (Å²) in [4.78, 5) is 18.5. The molecule has 6 rings (SSSR count). The van der Waals surface area contributed by atoms with Gasteiger partial charge in [0.2, 0.25) is 0 Å². The second kappa shape index (κ2) is 10.2. The zero-order valence-corrected chi connectivity index (χ0v) is 22.4. The maximum absolute atomic E-state index is 13.4. The summed E-state index contributed by atoms with van der Waals surface area (Å²) >= 11 is 0. The van der Waals surface area contributed by atoms with Crippen LogP contribution in [0.2, 0.25) is 0 Å². The number of rotatable bonds is 6. The summed E-state index contributed by atoms with van der Waals surface area (Å²) in [6.45, 7) is 4.97. The number of carbonyl (C=O) groups excluding carboxylic acids is 1. The number of fused-ring (bicyclic) bond motifs is 2. The molecule has 194 valence electrons. The second-order valence-corrected chi connectivity index (χ2v) is 11.1. The van der Waals surface area contributed by atoms with Crippen molar-refractivity contribution in [3.8, 4) is 11.4 Å². The lowest BCUT2D eigenvalue weighted by Gasteiger charge is -2.16. The molecule has 2 aromatic carbocycles. The fourth-order valence-electron chi connectivity index (χ4n) is 6.35. The summed E-state index contributed by atoms with van der Waals surface area (Å²) in [6, 6.07) is 25.5. The standard InChI is InChI=1S/C33H36N4O/c1-22-16-27(31(38)18-25-12-6-8-14-28(34)17-25)20-32-35-33(23(2)37(22)32)30-19-26-13-7-9-15-29(26)36(30)21-24-10-4-3-5-11-24/h3-5,7,9-11,13,15-16,19-20,25,28H,6,8,12,14,17-18,21,34H2,1-2H3/t25?,28-/m1/s1. The van der Waals surface area contributed by atoms with Crippen molar-refractivity contribution in [2.75, 3.05) is 0 Å². The van der Waals surface area contributed by atoms with E-state index < -0.39 is 0 Å². The van der Waals surface area contributed by atoms with Crippen molar-refractivity contribution in [1.29, 1.82) is 0 Å². The minimum atomic E-state index is 0.204. The molecule has 1 aliphatic carbocycles. The molecule has 0 amide bonds. The highest BCUT2D eigenvalue weighted by Gasteiger charge is 2.23. The first-order valence-electron chi connectivity index (χ1n) is 13.9. The number of aromatic nitrogens is 3. The molecular formula is C33H36N4O. The average molecular weight is 505 g/mol. The van der Waals surface area contributed by atoms with Crippen LogP contribution in [0.5, 0.6) is 0 Å². The van der Waals surface area contributed by atoms with E-state index in [0.29, 0.717) is 12.3 Å². The van der Waals surface area contributed by atoms with Crippen molar-refractivity contribution in [2.24, 2.45) is 11.7 Å². The molecule has 1 fully saturated rings. The predicted octanol–water partition coefficient (Wildman–Crippen LogP) is 7.10. The monoisotopic (exact) mass is 504 g/mol. The Bertz CT molecular complexity index is 1610. The largest absolute Gasteiger partial charge is 0.335 e. The van der Waals surface area contributed by atoms with Crippen LogP contribution in [0.15, 0.2) is 72.8 Å². The highest BCUT2D eigenvalue weighted by Crippen LogP contribution is 2.33. The Labute approximate surface area is 224 Å². The van der Waals surface area contributed by atoms with E-state index in [4.69, 9.17) is 10.7 Å². The fraction of sp³-hybridized carbons (Fsp3) is 0.333. The molecule has 5 nitrogen and oxygen atoms in total. The number of benzene rings is 2. The van der Waals surface area contributed by atoms with Gasteiger partial charge < -0.3 is 14.7 Å². The number of ketones is 1. The van der Waals surface area contributed by atoms with Crippen LogP contribution in [-0.4, -0.2) is 25.8 Å². The van der Waals surface area contributed by atoms with Crippen molar-refractivity contribution in [3.63, 3.8) is 0 Å². The molecule has 38 heavy (non-hydrogen) atoms. The van der Waals surface area contributed by atoms with E-state index in [1.165, 1.54) is 29.3 Å². The van der Waals surface area contributed by atoms with Crippen molar-refractivity contribution >= 4 is 22.3 Å². The Balaban J connectivity index is 1.39. The normalized spacial score (nSPS) is 18.2.